The minimum absolute atomic E-state index is 0.0906. The largest absolute Gasteiger partial charge is 0.342 e. The molecule has 13 heavy (non-hydrogen) atoms. The highest BCUT2D eigenvalue weighted by Crippen LogP contribution is 1.89. The predicted octanol–water partition coefficient (Wildman–Crippen LogP) is -1.45. The smallest absolute Gasteiger partial charge is 0.321 e. The monoisotopic (exact) mass is 205 g/mol. The number of hydrogen-bond donors (Lipinski definition) is 3. The Morgan fingerprint density at radius 1 is 1.62 bits per heavy atom. The summed E-state index contributed by atoms with van der Waals surface area (Å²) < 4.78 is 0. The van der Waals surface area contributed by atoms with Gasteiger partial charge < -0.3 is 10.6 Å². The Labute approximate surface area is 79.0 Å². The van der Waals surface area contributed by atoms with Gasteiger partial charge in [0.25, 0.3) is 5.91 Å². The first-order chi connectivity index (χ1) is 6.13. The van der Waals surface area contributed by atoms with Gasteiger partial charge in [-0.1, -0.05) is 0 Å². The Kier molecular flexibility index (Phi) is 3.07. The molecule has 72 valence electrons. The van der Waals surface area contributed by atoms with E-state index in [2.05, 4.69) is 10.6 Å². The summed E-state index contributed by atoms with van der Waals surface area (Å²) in [7, 11) is 0. The van der Waals surface area contributed by atoms with Crippen LogP contribution < -0.4 is 16.0 Å². The molecule has 6 nitrogen and oxygen atoms in total. The van der Waals surface area contributed by atoms with Crippen molar-refractivity contribution >= 4 is 29.4 Å². The highest BCUT2D eigenvalue weighted by atomic mass is 35.5. The highest BCUT2D eigenvalue weighted by molar-refractivity contribution is 6.27. The van der Waals surface area contributed by atoms with Gasteiger partial charge in [0.15, 0.2) is 0 Å². The first kappa shape index (κ1) is 9.79. The second-order valence-electron chi connectivity index (χ2n) is 2.45. The predicted molar refractivity (Wildman–Crippen MR) is 44.2 cm³/mol. The zero-order chi connectivity index (χ0) is 9.84. The molecule has 1 fully saturated rings. The lowest BCUT2D eigenvalue weighted by Gasteiger charge is -2.22. The summed E-state index contributed by atoms with van der Waals surface area (Å²) in [5, 5.41) is 6.72. The quantitative estimate of drug-likeness (QED) is 0.482. The Hall–Kier alpha value is -1.30. The van der Waals surface area contributed by atoms with Crippen molar-refractivity contribution in [3.8, 4) is 0 Å². The molecule has 1 aliphatic heterocycles. The van der Waals surface area contributed by atoms with Crippen molar-refractivity contribution in [3.63, 3.8) is 0 Å². The standard InChI is InChI=1S/C6H8ClN3O3/c7-1-4(11)9-3-2-8-6(13)10-5(3)12/h3H,1-2H2,(H,9,11)(H2,8,10,12,13). The van der Waals surface area contributed by atoms with Crippen LogP contribution in [0.15, 0.2) is 0 Å². The first-order valence-electron chi connectivity index (χ1n) is 3.57. The van der Waals surface area contributed by atoms with Crippen LogP contribution in [0.1, 0.15) is 0 Å². The third kappa shape index (κ3) is 2.59. The number of carbonyl (C=O) groups is 3. The van der Waals surface area contributed by atoms with Crippen molar-refractivity contribution < 1.29 is 14.4 Å². The van der Waals surface area contributed by atoms with Crippen LogP contribution in [0.25, 0.3) is 0 Å². The normalized spacial score (nSPS) is 21.8. The Balaban J connectivity index is 2.47. The Morgan fingerprint density at radius 3 is 2.85 bits per heavy atom. The van der Waals surface area contributed by atoms with E-state index in [1.165, 1.54) is 0 Å². The lowest BCUT2D eigenvalue weighted by Crippen LogP contribution is -2.61. The summed E-state index contributed by atoms with van der Waals surface area (Å²) in [6, 6.07) is -1.29. The zero-order valence-corrected chi connectivity index (χ0v) is 7.35. The second-order valence-corrected chi connectivity index (χ2v) is 2.72. The zero-order valence-electron chi connectivity index (χ0n) is 6.59. The van der Waals surface area contributed by atoms with E-state index in [0.717, 1.165) is 0 Å². The van der Waals surface area contributed by atoms with Gasteiger partial charge in [-0.25, -0.2) is 4.79 Å². The molecule has 0 saturated carbocycles. The van der Waals surface area contributed by atoms with Gasteiger partial charge in [-0.15, -0.1) is 11.6 Å². The number of carbonyl (C=O) groups excluding carboxylic acids is 3. The molecule has 0 radical (unpaired) electrons. The average molecular weight is 206 g/mol. The molecule has 7 heteroatoms. The van der Waals surface area contributed by atoms with E-state index >= 15 is 0 Å². The molecule has 0 aromatic rings. The SMILES string of the molecule is O=C(CCl)NC1CNC(=O)NC1=O. The fourth-order valence-electron chi connectivity index (χ4n) is 0.880. The van der Waals surface area contributed by atoms with E-state index in [1.807, 2.05) is 5.32 Å². The van der Waals surface area contributed by atoms with E-state index in [1.54, 1.807) is 0 Å². The number of urea groups is 1. The first-order valence-corrected chi connectivity index (χ1v) is 4.11. The van der Waals surface area contributed by atoms with Crippen LogP contribution in [0.2, 0.25) is 0 Å². The number of alkyl halides is 1. The van der Waals surface area contributed by atoms with Crippen molar-refractivity contribution in [2.75, 3.05) is 12.4 Å². The number of amides is 4. The summed E-state index contributed by atoms with van der Waals surface area (Å²) in [4.78, 5) is 32.4. The molecule has 4 amide bonds. The fourth-order valence-corrected chi connectivity index (χ4v) is 0.957. The van der Waals surface area contributed by atoms with Gasteiger partial charge in [0, 0.05) is 6.54 Å². The number of imide groups is 1. The van der Waals surface area contributed by atoms with Crippen LogP contribution >= 0.6 is 11.6 Å². The van der Waals surface area contributed by atoms with Crippen molar-refractivity contribution in [2.24, 2.45) is 0 Å². The minimum Gasteiger partial charge on any atom is -0.342 e. The third-order valence-corrected chi connectivity index (χ3v) is 1.72. The lowest BCUT2D eigenvalue weighted by atomic mass is 10.2. The van der Waals surface area contributed by atoms with E-state index < -0.39 is 23.9 Å². The number of rotatable bonds is 2. The molecule has 0 aromatic carbocycles. The molecule has 1 unspecified atom stereocenters. The van der Waals surface area contributed by atoms with Crippen molar-refractivity contribution in [3.05, 3.63) is 0 Å². The van der Waals surface area contributed by atoms with E-state index in [4.69, 9.17) is 11.6 Å². The number of halogens is 1. The van der Waals surface area contributed by atoms with Gasteiger partial charge in [0.2, 0.25) is 5.91 Å². The minimum atomic E-state index is -0.732. The van der Waals surface area contributed by atoms with E-state index in [0.29, 0.717) is 0 Å². The van der Waals surface area contributed by atoms with Gasteiger partial charge in [0.05, 0.1) is 0 Å². The van der Waals surface area contributed by atoms with Crippen molar-refractivity contribution in [1.82, 2.24) is 16.0 Å². The summed E-state index contributed by atoms with van der Waals surface area (Å²) in [6.45, 7) is 0.0906. The van der Waals surface area contributed by atoms with Gasteiger partial charge in [-0.3, -0.25) is 14.9 Å². The molecule has 1 saturated heterocycles. The summed E-state index contributed by atoms with van der Waals surface area (Å²) in [6.07, 6.45) is 0. The summed E-state index contributed by atoms with van der Waals surface area (Å²) in [5.41, 5.74) is 0. The molecule has 1 heterocycles. The van der Waals surface area contributed by atoms with Crippen molar-refractivity contribution in [1.29, 1.82) is 0 Å². The van der Waals surface area contributed by atoms with Crippen LogP contribution in [0.3, 0.4) is 0 Å². The number of nitrogens with one attached hydrogen (secondary N) is 3. The van der Waals surface area contributed by atoms with Gasteiger partial charge in [0.1, 0.15) is 11.9 Å². The van der Waals surface area contributed by atoms with Crippen LogP contribution in [0.4, 0.5) is 4.79 Å². The maximum Gasteiger partial charge on any atom is 0.321 e. The van der Waals surface area contributed by atoms with Crippen LogP contribution in [-0.4, -0.2) is 36.3 Å². The number of hydrogen-bond acceptors (Lipinski definition) is 3. The molecule has 0 aliphatic carbocycles. The van der Waals surface area contributed by atoms with Gasteiger partial charge in [-0.05, 0) is 0 Å². The third-order valence-electron chi connectivity index (χ3n) is 1.48. The molecule has 1 aliphatic rings. The van der Waals surface area contributed by atoms with Crippen LogP contribution in [0.5, 0.6) is 0 Å². The molecule has 3 N–H and O–H groups in total. The molecular formula is C6H8ClN3O3. The molecule has 0 bridgehead atoms. The average Bonchev–Trinajstić information content (AvgIpc) is 2.09. The molecule has 0 aromatic heterocycles. The Bertz CT molecular complexity index is 256. The molecular weight excluding hydrogens is 198 g/mol. The van der Waals surface area contributed by atoms with Crippen LogP contribution in [-0.2, 0) is 9.59 Å². The van der Waals surface area contributed by atoms with Crippen LogP contribution in [0, 0.1) is 0 Å². The molecule has 1 atom stereocenters. The van der Waals surface area contributed by atoms with E-state index in [9.17, 15) is 14.4 Å². The van der Waals surface area contributed by atoms with Crippen molar-refractivity contribution in [2.45, 2.75) is 6.04 Å². The maximum absolute atomic E-state index is 11.0. The topological polar surface area (TPSA) is 87.3 Å². The maximum atomic E-state index is 11.0. The molecule has 0 spiro atoms. The highest BCUT2D eigenvalue weighted by Gasteiger charge is 2.26. The fraction of sp³-hybridized carbons (Fsp3) is 0.500. The lowest BCUT2D eigenvalue weighted by molar-refractivity contribution is -0.127. The summed E-state index contributed by atoms with van der Waals surface area (Å²) in [5.74, 6) is -1.18. The second kappa shape index (κ2) is 4.08. The molecule has 1 rings (SSSR count). The summed E-state index contributed by atoms with van der Waals surface area (Å²) >= 11 is 5.22. The Morgan fingerprint density at radius 2 is 2.31 bits per heavy atom. The van der Waals surface area contributed by atoms with Gasteiger partial charge in [-0.2, -0.15) is 0 Å². The van der Waals surface area contributed by atoms with E-state index in [-0.39, 0.29) is 12.4 Å². The van der Waals surface area contributed by atoms with Gasteiger partial charge >= 0.3 is 6.03 Å².